The van der Waals surface area contributed by atoms with Gasteiger partial charge in [-0.15, -0.1) is 0 Å². The Hall–Kier alpha value is -0.780. The van der Waals surface area contributed by atoms with Crippen molar-refractivity contribution in [1.29, 1.82) is 0 Å². The van der Waals surface area contributed by atoms with E-state index in [0.29, 0.717) is 13.2 Å². The van der Waals surface area contributed by atoms with Gasteiger partial charge < -0.3 is 20.1 Å². The van der Waals surface area contributed by atoms with Crippen molar-refractivity contribution in [2.75, 3.05) is 32.8 Å². The molecule has 0 bridgehead atoms. The molecule has 0 amide bonds. The Balaban J connectivity index is 1.95. The molecule has 130 valence electrons. The minimum atomic E-state index is 0.640. The lowest BCUT2D eigenvalue weighted by Gasteiger charge is -2.23. The van der Waals surface area contributed by atoms with Crippen LogP contribution in [0.2, 0.25) is 0 Å². The summed E-state index contributed by atoms with van der Waals surface area (Å²) in [6.07, 6.45) is 3.52. The molecule has 1 aliphatic heterocycles. The van der Waals surface area contributed by atoms with Gasteiger partial charge in [0, 0.05) is 6.54 Å². The normalized spacial score (nSPS) is 15.6. The molecule has 1 aromatic rings. The Morgan fingerprint density at radius 3 is 2.70 bits per heavy atom. The van der Waals surface area contributed by atoms with E-state index in [0.717, 1.165) is 54.5 Å². The third-order valence-corrected chi connectivity index (χ3v) is 4.63. The van der Waals surface area contributed by atoms with Gasteiger partial charge in [0.05, 0.1) is 17.7 Å². The van der Waals surface area contributed by atoms with Crippen LogP contribution in [0.25, 0.3) is 0 Å². The van der Waals surface area contributed by atoms with E-state index in [2.05, 4.69) is 45.6 Å². The first kappa shape index (κ1) is 18.6. The molecule has 1 saturated heterocycles. The molecule has 1 fully saturated rings. The van der Waals surface area contributed by atoms with E-state index in [1.165, 1.54) is 18.4 Å². The van der Waals surface area contributed by atoms with E-state index in [1.54, 1.807) is 0 Å². The molecule has 0 aliphatic carbocycles. The van der Waals surface area contributed by atoms with Crippen molar-refractivity contribution in [3.8, 4) is 11.5 Å². The van der Waals surface area contributed by atoms with Gasteiger partial charge in [0.1, 0.15) is 0 Å². The largest absolute Gasteiger partial charge is 0.490 e. The lowest BCUT2D eigenvalue weighted by atomic mass is 9.98. The fourth-order valence-corrected chi connectivity index (χ4v) is 3.44. The Morgan fingerprint density at radius 2 is 2.00 bits per heavy atom. The van der Waals surface area contributed by atoms with Crippen molar-refractivity contribution >= 4 is 15.9 Å². The van der Waals surface area contributed by atoms with E-state index in [-0.39, 0.29) is 0 Å². The maximum absolute atomic E-state index is 5.83. The maximum Gasteiger partial charge on any atom is 0.175 e. The zero-order valence-corrected chi connectivity index (χ0v) is 15.9. The molecule has 0 aromatic heterocycles. The molecule has 0 saturated carbocycles. The first-order chi connectivity index (χ1) is 11.2. The predicted molar refractivity (Wildman–Crippen MR) is 98.4 cm³/mol. The van der Waals surface area contributed by atoms with Crippen LogP contribution in [0.3, 0.4) is 0 Å². The van der Waals surface area contributed by atoms with Crippen LogP contribution in [0, 0.1) is 5.92 Å². The van der Waals surface area contributed by atoms with Gasteiger partial charge in [0.25, 0.3) is 0 Å². The highest BCUT2D eigenvalue weighted by Gasteiger charge is 2.14. The molecule has 0 atom stereocenters. The molecule has 1 aromatic carbocycles. The summed E-state index contributed by atoms with van der Waals surface area (Å²) in [6.45, 7) is 9.68. The second-order valence-corrected chi connectivity index (χ2v) is 6.86. The molecule has 0 radical (unpaired) electrons. The number of ether oxygens (including phenoxy) is 2. The van der Waals surface area contributed by atoms with Gasteiger partial charge in [0.2, 0.25) is 0 Å². The number of piperidine rings is 1. The molecular weight excluding hydrogens is 356 g/mol. The van der Waals surface area contributed by atoms with Gasteiger partial charge in [-0.05, 0) is 85.4 Å². The molecule has 5 heteroatoms. The molecular formula is C18H29BrN2O2. The SMILES string of the molecule is CCCOc1c(Br)cc(CNCC2CCNCC2)cc1OCC. The van der Waals surface area contributed by atoms with Gasteiger partial charge in [0.15, 0.2) is 11.5 Å². The quantitative estimate of drug-likeness (QED) is 0.680. The first-order valence-electron chi connectivity index (χ1n) is 8.74. The van der Waals surface area contributed by atoms with E-state index in [1.807, 2.05) is 6.92 Å². The number of hydrogen-bond donors (Lipinski definition) is 2. The van der Waals surface area contributed by atoms with Gasteiger partial charge in [-0.25, -0.2) is 0 Å². The monoisotopic (exact) mass is 384 g/mol. The number of nitrogens with one attached hydrogen (secondary N) is 2. The zero-order chi connectivity index (χ0) is 16.5. The summed E-state index contributed by atoms with van der Waals surface area (Å²) in [5, 5.41) is 7.00. The van der Waals surface area contributed by atoms with Crippen molar-refractivity contribution in [1.82, 2.24) is 10.6 Å². The van der Waals surface area contributed by atoms with Crippen LogP contribution in [0.5, 0.6) is 11.5 Å². The second kappa shape index (κ2) is 10.2. The molecule has 0 unspecified atom stereocenters. The summed E-state index contributed by atoms with van der Waals surface area (Å²) < 4.78 is 12.6. The van der Waals surface area contributed by atoms with Crippen molar-refractivity contribution in [2.24, 2.45) is 5.92 Å². The van der Waals surface area contributed by atoms with E-state index in [9.17, 15) is 0 Å². The molecule has 2 rings (SSSR count). The highest BCUT2D eigenvalue weighted by molar-refractivity contribution is 9.10. The minimum absolute atomic E-state index is 0.640. The zero-order valence-electron chi connectivity index (χ0n) is 14.3. The minimum Gasteiger partial charge on any atom is -0.490 e. The molecule has 1 aliphatic rings. The lowest BCUT2D eigenvalue weighted by molar-refractivity contribution is 0.275. The summed E-state index contributed by atoms with van der Waals surface area (Å²) in [5.74, 6) is 2.43. The number of halogens is 1. The molecule has 4 nitrogen and oxygen atoms in total. The van der Waals surface area contributed by atoms with Crippen molar-refractivity contribution in [3.05, 3.63) is 22.2 Å². The summed E-state index contributed by atoms with van der Waals surface area (Å²) in [5.41, 5.74) is 1.22. The van der Waals surface area contributed by atoms with Crippen molar-refractivity contribution < 1.29 is 9.47 Å². The number of benzene rings is 1. The summed E-state index contributed by atoms with van der Waals surface area (Å²) >= 11 is 3.63. The van der Waals surface area contributed by atoms with Crippen LogP contribution in [0.4, 0.5) is 0 Å². The van der Waals surface area contributed by atoms with Crippen LogP contribution in [-0.4, -0.2) is 32.8 Å². The van der Waals surface area contributed by atoms with Crippen LogP contribution >= 0.6 is 15.9 Å². The Morgan fingerprint density at radius 1 is 1.22 bits per heavy atom. The topological polar surface area (TPSA) is 42.5 Å². The van der Waals surface area contributed by atoms with E-state index >= 15 is 0 Å². The maximum atomic E-state index is 5.83. The van der Waals surface area contributed by atoms with E-state index in [4.69, 9.17) is 9.47 Å². The molecule has 1 heterocycles. The standard InChI is InChI=1S/C18H29BrN2O2/c1-3-9-23-18-16(19)10-15(11-17(18)22-4-2)13-21-12-14-5-7-20-8-6-14/h10-11,14,20-21H,3-9,12-13H2,1-2H3. The van der Waals surface area contributed by atoms with Gasteiger partial charge in [-0.1, -0.05) is 6.92 Å². The average Bonchev–Trinajstić information content (AvgIpc) is 2.55. The molecule has 0 spiro atoms. The lowest BCUT2D eigenvalue weighted by Crippen LogP contribution is -2.33. The highest BCUT2D eigenvalue weighted by Crippen LogP contribution is 2.37. The van der Waals surface area contributed by atoms with Crippen LogP contribution in [0.15, 0.2) is 16.6 Å². The third-order valence-electron chi connectivity index (χ3n) is 4.04. The summed E-state index contributed by atoms with van der Waals surface area (Å²) in [7, 11) is 0. The Bertz CT molecular complexity index is 476. The van der Waals surface area contributed by atoms with E-state index < -0.39 is 0 Å². The average molecular weight is 385 g/mol. The number of hydrogen-bond acceptors (Lipinski definition) is 4. The summed E-state index contributed by atoms with van der Waals surface area (Å²) in [6, 6.07) is 4.22. The van der Waals surface area contributed by atoms with Crippen LogP contribution in [-0.2, 0) is 6.54 Å². The van der Waals surface area contributed by atoms with Crippen molar-refractivity contribution in [3.63, 3.8) is 0 Å². The van der Waals surface area contributed by atoms with Crippen molar-refractivity contribution in [2.45, 2.75) is 39.7 Å². The fraction of sp³-hybridized carbons (Fsp3) is 0.667. The second-order valence-electron chi connectivity index (χ2n) is 6.01. The van der Waals surface area contributed by atoms with Gasteiger partial charge in [-0.2, -0.15) is 0 Å². The fourth-order valence-electron chi connectivity index (χ4n) is 2.84. The summed E-state index contributed by atoms with van der Waals surface area (Å²) in [4.78, 5) is 0. The third kappa shape index (κ3) is 5.98. The van der Waals surface area contributed by atoms with Gasteiger partial charge in [-0.3, -0.25) is 0 Å². The Kier molecular flexibility index (Phi) is 8.20. The number of rotatable bonds is 9. The Labute approximate surface area is 148 Å². The van der Waals surface area contributed by atoms with Crippen LogP contribution < -0.4 is 20.1 Å². The molecule has 2 N–H and O–H groups in total. The molecule has 23 heavy (non-hydrogen) atoms. The highest BCUT2D eigenvalue weighted by atomic mass is 79.9. The first-order valence-corrected chi connectivity index (χ1v) is 9.53. The smallest absolute Gasteiger partial charge is 0.175 e. The van der Waals surface area contributed by atoms with Gasteiger partial charge >= 0.3 is 0 Å². The van der Waals surface area contributed by atoms with Crippen LogP contribution in [0.1, 0.15) is 38.7 Å². The predicted octanol–water partition coefficient (Wildman–Crippen LogP) is 3.73.